The molecular formula is C25H31N3O6S2. The summed E-state index contributed by atoms with van der Waals surface area (Å²) in [5.74, 6) is -0.0363. The number of nitrogens with zero attached hydrogens (tertiary/aromatic N) is 2. The van der Waals surface area contributed by atoms with Crippen molar-refractivity contribution < 1.29 is 26.4 Å². The number of likely N-dealkylation sites (tertiary alicyclic amines) is 1. The van der Waals surface area contributed by atoms with Crippen LogP contribution in [0.25, 0.3) is 10.9 Å². The summed E-state index contributed by atoms with van der Waals surface area (Å²) in [5, 5.41) is 0.392. The lowest BCUT2D eigenvalue weighted by molar-refractivity contribution is 0.0966. The highest BCUT2D eigenvalue weighted by atomic mass is 32.2. The van der Waals surface area contributed by atoms with Gasteiger partial charge in [-0.15, -0.1) is 0 Å². The van der Waals surface area contributed by atoms with Gasteiger partial charge in [0.25, 0.3) is 10.0 Å². The number of nitrogens with one attached hydrogen (secondary N) is 1. The quantitative estimate of drug-likeness (QED) is 0.493. The molecule has 1 amide bonds. The third-order valence-corrected chi connectivity index (χ3v) is 9.57. The van der Waals surface area contributed by atoms with Gasteiger partial charge in [-0.2, -0.15) is 0 Å². The van der Waals surface area contributed by atoms with Gasteiger partial charge in [-0.3, -0.25) is 0 Å². The molecule has 0 bridgehead atoms. The molecule has 0 aliphatic carbocycles. The molecule has 1 aromatic heterocycles. The fourth-order valence-corrected chi connectivity index (χ4v) is 7.50. The van der Waals surface area contributed by atoms with Crippen LogP contribution in [0, 0.1) is 0 Å². The minimum absolute atomic E-state index is 0.0363. The second-order valence-electron chi connectivity index (χ2n) is 9.08. The molecule has 2 aromatic carbocycles. The van der Waals surface area contributed by atoms with Gasteiger partial charge in [-0.1, -0.05) is 44.2 Å². The molecule has 9 nitrogen and oxygen atoms in total. The molecule has 1 aliphatic rings. The van der Waals surface area contributed by atoms with E-state index >= 15 is 0 Å². The number of ether oxygens (including phenoxy) is 1. The second kappa shape index (κ2) is 10.2. The zero-order valence-electron chi connectivity index (χ0n) is 20.5. The smallest absolute Gasteiger partial charge is 0.409 e. The molecule has 0 radical (unpaired) electrons. The molecule has 11 heteroatoms. The van der Waals surface area contributed by atoms with Crippen LogP contribution in [-0.2, 0) is 24.8 Å². The number of sulfonamides is 1. The van der Waals surface area contributed by atoms with E-state index in [1.54, 1.807) is 42.2 Å². The lowest BCUT2D eigenvalue weighted by Gasteiger charge is -2.31. The molecule has 36 heavy (non-hydrogen) atoms. The molecule has 2 heterocycles. The first-order chi connectivity index (χ1) is 17.1. The molecule has 0 saturated carbocycles. The average Bonchev–Trinajstić information content (AvgIpc) is 3.26. The Morgan fingerprint density at radius 1 is 1.03 bits per heavy atom. The maximum Gasteiger partial charge on any atom is 0.409 e. The van der Waals surface area contributed by atoms with Crippen LogP contribution in [0.3, 0.4) is 0 Å². The number of rotatable bonds is 7. The van der Waals surface area contributed by atoms with E-state index in [9.17, 15) is 21.6 Å². The third kappa shape index (κ3) is 5.00. The molecule has 1 aliphatic heterocycles. The van der Waals surface area contributed by atoms with Crippen molar-refractivity contribution in [3.05, 3.63) is 60.3 Å². The summed E-state index contributed by atoms with van der Waals surface area (Å²) in [4.78, 5) is 13.5. The minimum Gasteiger partial charge on any atom is -0.450 e. The summed E-state index contributed by atoms with van der Waals surface area (Å²) < 4.78 is 63.2. The Labute approximate surface area is 212 Å². The van der Waals surface area contributed by atoms with Crippen LogP contribution in [0.1, 0.15) is 45.1 Å². The van der Waals surface area contributed by atoms with Gasteiger partial charge in [-0.25, -0.2) is 30.3 Å². The number of benzene rings is 2. The molecule has 1 fully saturated rings. The summed E-state index contributed by atoms with van der Waals surface area (Å²) in [5.41, 5.74) is 1.05. The van der Waals surface area contributed by atoms with Gasteiger partial charge in [0.2, 0.25) is 10.0 Å². The van der Waals surface area contributed by atoms with Crippen LogP contribution in [0.5, 0.6) is 0 Å². The maximum absolute atomic E-state index is 13.7. The Kier molecular flexibility index (Phi) is 7.44. The van der Waals surface area contributed by atoms with Crippen LogP contribution in [0.15, 0.2) is 64.5 Å². The van der Waals surface area contributed by atoms with E-state index in [2.05, 4.69) is 4.72 Å². The molecule has 1 saturated heterocycles. The lowest BCUT2D eigenvalue weighted by Crippen LogP contribution is -2.46. The lowest BCUT2D eigenvalue weighted by atomic mass is 9.99. The molecule has 3 aromatic rings. The van der Waals surface area contributed by atoms with Crippen LogP contribution in [-0.4, -0.2) is 57.5 Å². The van der Waals surface area contributed by atoms with E-state index in [1.807, 2.05) is 19.9 Å². The van der Waals surface area contributed by atoms with Crippen molar-refractivity contribution >= 4 is 37.0 Å². The molecule has 0 unspecified atom stereocenters. The maximum atomic E-state index is 13.7. The van der Waals surface area contributed by atoms with Crippen LogP contribution in [0.4, 0.5) is 4.79 Å². The van der Waals surface area contributed by atoms with Crippen molar-refractivity contribution in [2.24, 2.45) is 0 Å². The van der Waals surface area contributed by atoms with Gasteiger partial charge < -0.3 is 9.64 Å². The number of amides is 1. The number of aromatic nitrogens is 1. The van der Waals surface area contributed by atoms with E-state index in [4.69, 9.17) is 4.74 Å². The molecule has 1 N–H and O–H groups in total. The van der Waals surface area contributed by atoms with E-state index in [-0.39, 0.29) is 22.3 Å². The number of hydrogen-bond donors (Lipinski definition) is 1. The van der Waals surface area contributed by atoms with Gasteiger partial charge in [0.05, 0.1) is 17.0 Å². The minimum atomic E-state index is -4.08. The summed E-state index contributed by atoms with van der Waals surface area (Å²) in [7, 11) is -8.12. The van der Waals surface area contributed by atoms with E-state index in [1.165, 1.54) is 18.3 Å². The number of hydrogen-bond acceptors (Lipinski definition) is 6. The Morgan fingerprint density at radius 2 is 1.69 bits per heavy atom. The standard InChI is InChI=1S/C25H31N3O6S2/c1-4-34-25(29)27-15-13-19(14-16-27)26-35(30,31)23-17-28(36(32,33)20-9-6-5-7-10-20)22-12-8-11-21(18(2)3)24(22)23/h5-12,17-19,26H,4,13-16H2,1-3H3. The molecule has 4 rings (SSSR count). The fraction of sp³-hybridized carbons (Fsp3) is 0.400. The predicted molar refractivity (Wildman–Crippen MR) is 137 cm³/mol. The Morgan fingerprint density at radius 3 is 2.31 bits per heavy atom. The first-order valence-electron chi connectivity index (χ1n) is 11.9. The van der Waals surface area contributed by atoms with Crippen molar-refractivity contribution in [1.29, 1.82) is 0 Å². The van der Waals surface area contributed by atoms with Gasteiger partial charge in [-0.05, 0) is 49.4 Å². The van der Waals surface area contributed by atoms with Crippen molar-refractivity contribution in [3.63, 3.8) is 0 Å². The first kappa shape index (κ1) is 26.2. The Bertz CT molecular complexity index is 1460. The molecular weight excluding hydrogens is 502 g/mol. The topological polar surface area (TPSA) is 115 Å². The zero-order chi connectivity index (χ0) is 26.1. The SMILES string of the molecule is CCOC(=O)N1CCC(NS(=O)(=O)c2cn(S(=O)(=O)c3ccccc3)c3cccc(C(C)C)c23)CC1. The molecule has 194 valence electrons. The highest BCUT2D eigenvalue weighted by Gasteiger charge is 2.32. The Hall–Kier alpha value is -2.89. The number of fused-ring (bicyclic) bond motifs is 1. The van der Waals surface area contributed by atoms with E-state index in [0.29, 0.717) is 36.8 Å². The summed E-state index contributed by atoms with van der Waals surface area (Å²) in [6, 6.07) is 12.7. The number of carbonyl (C=O) groups is 1. The molecule has 0 atom stereocenters. The summed E-state index contributed by atoms with van der Waals surface area (Å²) in [6.07, 6.45) is 1.65. The summed E-state index contributed by atoms with van der Waals surface area (Å²) >= 11 is 0. The van der Waals surface area contributed by atoms with Gasteiger partial charge >= 0.3 is 6.09 Å². The Balaban J connectivity index is 1.74. The highest BCUT2D eigenvalue weighted by molar-refractivity contribution is 7.91. The van der Waals surface area contributed by atoms with Crippen molar-refractivity contribution in [3.8, 4) is 0 Å². The summed E-state index contributed by atoms with van der Waals surface area (Å²) in [6.45, 7) is 6.62. The van der Waals surface area contributed by atoms with E-state index in [0.717, 1.165) is 9.54 Å². The van der Waals surface area contributed by atoms with Gasteiger partial charge in [0.1, 0.15) is 4.90 Å². The van der Waals surface area contributed by atoms with Crippen molar-refractivity contribution in [2.75, 3.05) is 19.7 Å². The van der Waals surface area contributed by atoms with Crippen LogP contribution in [0.2, 0.25) is 0 Å². The predicted octanol–water partition coefficient (Wildman–Crippen LogP) is 3.90. The highest BCUT2D eigenvalue weighted by Crippen LogP contribution is 2.35. The fourth-order valence-electron chi connectivity index (χ4n) is 4.52. The zero-order valence-corrected chi connectivity index (χ0v) is 22.2. The van der Waals surface area contributed by atoms with Gasteiger partial charge in [0.15, 0.2) is 0 Å². The third-order valence-electron chi connectivity index (χ3n) is 6.35. The second-order valence-corrected chi connectivity index (χ2v) is 12.6. The largest absolute Gasteiger partial charge is 0.450 e. The van der Waals surface area contributed by atoms with E-state index < -0.39 is 32.2 Å². The first-order valence-corrected chi connectivity index (χ1v) is 14.9. The molecule has 0 spiro atoms. The average molecular weight is 534 g/mol. The van der Waals surface area contributed by atoms with Crippen LogP contribution >= 0.6 is 0 Å². The van der Waals surface area contributed by atoms with Crippen molar-refractivity contribution in [1.82, 2.24) is 13.6 Å². The van der Waals surface area contributed by atoms with Gasteiger partial charge in [0, 0.05) is 30.7 Å². The van der Waals surface area contributed by atoms with Crippen LogP contribution < -0.4 is 4.72 Å². The number of carbonyl (C=O) groups excluding carboxylic acids is 1. The normalized spacial score (nSPS) is 15.5. The van der Waals surface area contributed by atoms with Crippen molar-refractivity contribution in [2.45, 2.75) is 55.4 Å². The number of piperidine rings is 1. The monoisotopic (exact) mass is 533 g/mol.